The number of pyridine rings is 1. The molecule has 2 aliphatic rings. The van der Waals surface area contributed by atoms with Gasteiger partial charge in [0.2, 0.25) is 5.91 Å². The molecular formula is C17H15N3O2. The fourth-order valence-electron chi connectivity index (χ4n) is 2.89. The van der Waals surface area contributed by atoms with E-state index < -0.39 is 0 Å². The summed E-state index contributed by atoms with van der Waals surface area (Å²) < 4.78 is 0. The molecule has 1 aromatic heterocycles. The minimum absolute atomic E-state index is 0.0105. The van der Waals surface area contributed by atoms with E-state index in [9.17, 15) is 9.59 Å². The van der Waals surface area contributed by atoms with Crippen molar-refractivity contribution < 1.29 is 9.59 Å². The topological polar surface area (TPSA) is 53.5 Å². The lowest BCUT2D eigenvalue weighted by molar-refractivity contribution is -0.117. The number of para-hydroxylation sites is 2. The molecule has 0 unspecified atom stereocenters. The highest BCUT2D eigenvalue weighted by Crippen LogP contribution is 2.40. The highest BCUT2D eigenvalue weighted by Gasteiger charge is 2.40. The lowest BCUT2D eigenvalue weighted by atomic mass is 10.1. The van der Waals surface area contributed by atoms with Crippen LogP contribution in [0.4, 0.5) is 11.4 Å². The number of fused-ring (bicyclic) bond motifs is 1. The SMILES string of the molecule is O=C(c1ccncc1)N1CC(=O)N(C2CC2)c2ccccc21. The van der Waals surface area contributed by atoms with Crippen molar-refractivity contribution in [3.8, 4) is 0 Å². The van der Waals surface area contributed by atoms with Gasteiger partial charge in [0.05, 0.1) is 11.4 Å². The second kappa shape index (κ2) is 4.94. The number of hydrogen-bond donors (Lipinski definition) is 0. The molecule has 5 heteroatoms. The lowest BCUT2D eigenvalue weighted by Gasteiger charge is -2.36. The third-order valence-electron chi connectivity index (χ3n) is 4.08. The van der Waals surface area contributed by atoms with Crippen LogP contribution in [0.15, 0.2) is 48.8 Å². The molecule has 1 saturated carbocycles. The average molecular weight is 293 g/mol. The molecule has 0 atom stereocenters. The van der Waals surface area contributed by atoms with Crippen LogP contribution in [0.25, 0.3) is 0 Å². The predicted molar refractivity (Wildman–Crippen MR) is 82.9 cm³/mol. The van der Waals surface area contributed by atoms with E-state index in [4.69, 9.17) is 0 Å². The number of aromatic nitrogens is 1. The molecule has 5 nitrogen and oxygen atoms in total. The Hall–Kier alpha value is -2.69. The molecule has 22 heavy (non-hydrogen) atoms. The van der Waals surface area contributed by atoms with Gasteiger partial charge in [0.1, 0.15) is 6.54 Å². The van der Waals surface area contributed by atoms with Crippen LogP contribution in [-0.2, 0) is 4.79 Å². The van der Waals surface area contributed by atoms with E-state index in [0.717, 1.165) is 24.2 Å². The quantitative estimate of drug-likeness (QED) is 0.853. The summed E-state index contributed by atoms with van der Waals surface area (Å²) in [4.78, 5) is 32.6. The maximum Gasteiger partial charge on any atom is 0.258 e. The smallest absolute Gasteiger partial charge is 0.258 e. The first-order valence-corrected chi connectivity index (χ1v) is 7.38. The second-order valence-corrected chi connectivity index (χ2v) is 5.61. The van der Waals surface area contributed by atoms with Gasteiger partial charge < -0.3 is 4.90 Å². The molecule has 0 spiro atoms. The summed E-state index contributed by atoms with van der Waals surface area (Å²) in [5.41, 5.74) is 2.18. The molecule has 2 heterocycles. The molecule has 0 radical (unpaired) electrons. The van der Waals surface area contributed by atoms with Gasteiger partial charge >= 0.3 is 0 Å². The summed E-state index contributed by atoms with van der Waals surface area (Å²) in [6.45, 7) is 0.0919. The molecule has 0 bridgehead atoms. The molecule has 4 rings (SSSR count). The fraction of sp³-hybridized carbons (Fsp3) is 0.235. The maximum atomic E-state index is 12.7. The van der Waals surface area contributed by atoms with Crippen LogP contribution in [0, 0.1) is 0 Å². The molecule has 2 aromatic rings. The molecule has 1 aliphatic carbocycles. The van der Waals surface area contributed by atoms with Crippen molar-refractivity contribution in [2.75, 3.05) is 16.3 Å². The number of nitrogens with zero attached hydrogens (tertiary/aromatic N) is 3. The van der Waals surface area contributed by atoms with Crippen molar-refractivity contribution in [2.24, 2.45) is 0 Å². The van der Waals surface area contributed by atoms with Crippen molar-refractivity contribution in [3.63, 3.8) is 0 Å². The van der Waals surface area contributed by atoms with Gasteiger partial charge in [-0.25, -0.2) is 0 Å². The van der Waals surface area contributed by atoms with E-state index in [2.05, 4.69) is 4.98 Å². The van der Waals surface area contributed by atoms with Crippen molar-refractivity contribution in [3.05, 3.63) is 54.4 Å². The Morgan fingerprint density at radius 1 is 1.05 bits per heavy atom. The van der Waals surface area contributed by atoms with E-state index in [-0.39, 0.29) is 18.4 Å². The highest BCUT2D eigenvalue weighted by molar-refractivity contribution is 6.16. The van der Waals surface area contributed by atoms with Gasteiger partial charge in [-0.15, -0.1) is 0 Å². The molecule has 1 fully saturated rings. The zero-order chi connectivity index (χ0) is 15.1. The molecule has 0 N–H and O–H groups in total. The summed E-state index contributed by atoms with van der Waals surface area (Å²) in [7, 11) is 0. The van der Waals surface area contributed by atoms with Gasteiger partial charge in [0, 0.05) is 24.0 Å². The Morgan fingerprint density at radius 2 is 1.73 bits per heavy atom. The summed E-state index contributed by atoms with van der Waals surface area (Å²) in [6, 6.07) is 11.2. The molecule has 110 valence electrons. The molecule has 1 aliphatic heterocycles. The lowest BCUT2D eigenvalue weighted by Crippen LogP contribution is -2.49. The maximum absolute atomic E-state index is 12.7. The minimum atomic E-state index is -0.168. The van der Waals surface area contributed by atoms with E-state index in [1.807, 2.05) is 29.2 Å². The van der Waals surface area contributed by atoms with Crippen molar-refractivity contribution in [2.45, 2.75) is 18.9 Å². The Bertz CT molecular complexity index is 741. The van der Waals surface area contributed by atoms with Crippen LogP contribution in [0.5, 0.6) is 0 Å². The number of carbonyl (C=O) groups excluding carboxylic acids is 2. The normalized spacial score (nSPS) is 17.4. The zero-order valence-electron chi connectivity index (χ0n) is 12.0. The van der Waals surface area contributed by atoms with Gasteiger partial charge in [-0.1, -0.05) is 12.1 Å². The molecule has 2 amide bonds. The van der Waals surface area contributed by atoms with Crippen molar-refractivity contribution >= 4 is 23.2 Å². The van der Waals surface area contributed by atoms with E-state index in [1.165, 1.54) is 0 Å². The number of carbonyl (C=O) groups is 2. The van der Waals surface area contributed by atoms with Gasteiger partial charge in [-0.2, -0.15) is 0 Å². The summed E-state index contributed by atoms with van der Waals surface area (Å²) in [5.74, 6) is -0.178. The van der Waals surface area contributed by atoms with E-state index in [0.29, 0.717) is 11.6 Å². The van der Waals surface area contributed by atoms with Crippen LogP contribution in [0.3, 0.4) is 0 Å². The first kappa shape index (κ1) is 13.0. The molecule has 1 aromatic carbocycles. The number of hydrogen-bond acceptors (Lipinski definition) is 3. The number of anilines is 2. The fourth-order valence-corrected chi connectivity index (χ4v) is 2.89. The highest BCUT2D eigenvalue weighted by atomic mass is 16.2. The van der Waals surface area contributed by atoms with Crippen LogP contribution < -0.4 is 9.80 Å². The molecular weight excluding hydrogens is 278 g/mol. The Morgan fingerprint density at radius 3 is 2.41 bits per heavy atom. The van der Waals surface area contributed by atoms with Crippen LogP contribution in [0.1, 0.15) is 23.2 Å². The number of rotatable bonds is 2. The summed E-state index contributed by atoms with van der Waals surface area (Å²) >= 11 is 0. The Kier molecular flexibility index (Phi) is 2.92. The monoisotopic (exact) mass is 293 g/mol. The first-order chi connectivity index (χ1) is 10.8. The Balaban J connectivity index is 1.76. The largest absolute Gasteiger partial charge is 0.306 e. The van der Waals surface area contributed by atoms with E-state index in [1.54, 1.807) is 29.4 Å². The number of amides is 2. The van der Waals surface area contributed by atoms with E-state index >= 15 is 0 Å². The third kappa shape index (κ3) is 2.06. The van der Waals surface area contributed by atoms with Crippen LogP contribution in [-0.4, -0.2) is 29.4 Å². The van der Waals surface area contributed by atoms with Crippen molar-refractivity contribution in [1.29, 1.82) is 0 Å². The van der Waals surface area contributed by atoms with Gasteiger partial charge in [-0.05, 0) is 37.1 Å². The second-order valence-electron chi connectivity index (χ2n) is 5.61. The van der Waals surface area contributed by atoms with Crippen molar-refractivity contribution in [1.82, 2.24) is 4.98 Å². The van der Waals surface area contributed by atoms with Gasteiger partial charge in [-0.3, -0.25) is 19.5 Å². The van der Waals surface area contributed by atoms with Gasteiger partial charge in [0.15, 0.2) is 0 Å². The van der Waals surface area contributed by atoms with Gasteiger partial charge in [0.25, 0.3) is 5.91 Å². The first-order valence-electron chi connectivity index (χ1n) is 7.38. The Labute approximate surface area is 128 Å². The zero-order valence-corrected chi connectivity index (χ0v) is 12.0. The third-order valence-corrected chi connectivity index (χ3v) is 4.08. The summed E-state index contributed by atoms with van der Waals surface area (Å²) in [5, 5.41) is 0. The van der Waals surface area contributed by atoms with Crippen LogP contribution >= 0.6 is 0 Å². The minimum Gasteiger partial charge on any atom is -0.306 e. The standard InChI is InChI=1S/C17H15N3O2/c21-16-11-19(17(22)12-7-9-18-10-8-12)14-3-1-2-4-15(14)20(16)13-5-6-13/h1-4,7-10,13H,5-6,11H2. The van der Waals surface area contributed by atoms with Crippen LogP contribution in [0.2, 0.25) is 0 Å². The summed E-state index contributed by atoms with van der Waals surface area (Å²) in [6.07, 6.45) is 5.25. The number of benzene rings is 1. The average Bonchev–Trinajstić information content (AvgIpc) is 3.39. The predicted octanol–water partition coefficient (Wildman–Crippen LogP) is 2.24. The molecule has 0 saturated heterocycles.